The first-order chi connectivity index (χ1) is 7.27. The van der Waals surface area contributed by atoms with Crippen LogP contribution < -0.4 is 16.0 Å². The predicted octanol–water partition coefficient (Wildman–Crippen LogP) is 0.321. The van der Waals surface area contributed by atoms with Gasteiger partial charge in [-0.2, -0.15) is 0 Å². The molecule has 0 saturated heterocycles. The van der Waals surface area contributed by atoms with E-state index in [9.17, 15) is 4.79 Å². The molecule has 0 fully saturated rings. The molecular formula is C10H11N3O2. The number of nitrogens with zero attached hydrogens (tertiary/aromatic N) is 2. The Morgan fingerprint density at radius 1 is 1.53 bits per heavy atom. The molecule has 0 spiro atoms. The SMILES string of the molecule is COc1cccc2c(=O)n(CN)cnc12. The van der Waals surface area contributed by atoms with Crippen LogP contribution in [-0.4, -0.2) is 16.7 Å². The Morgan fingerprint density at radius 2 is 2.33 bits per heavy atom. The number of methoxy groups -OCH3 is 1. The van der Waals surface area contributed by atoms with Gasteiger partial charge in [-0.3, -0.25) is 9.36 Å². The molecule has 0 aliphatic rings. The largest absolute Gasteiger partial charge is 0.494 e. The zero-order valence-corrected chi connectivity index (χ0v) is 8.30. The number of nitrogens with two attached hydrogens (primary N) is 1. The smallest absolute Gasteiger partial charge is 0.262 e. The van der Waals surface area contributed by atoms with E-state index in [-0.39, 0.29) is 12.2 Å². The van der Waals surface area contributed by atoms with Gasteiger partial charge in [-0.1, -0.05) is 6.07 Å². The molecule has 0 aliphatic heterocycles. The van der Waals surface area contributed by atoms with E-state index in [4.69, 9.17) is 10.5 Å². The molecule has 0 atom stereocenters. The standard InChI is InChI=1S/C10H11N3O2/c1-15-8-4-2-3-7-9(8)12-6-13(5-11)10(7)14/h2-4,6H,5,11H2,1H3. The Labute approximate surface area is 86.1 Å². The van der Waals surface area contributed by atoms with E-state index in [2.05, 4.69) is 4.98 Å². The van der Waals surface area contributed by atoms with Crippen LogP contribution in [0.4, 0.5) is 0 Å². The Kier molecular flexibility index (Phi) is 2.39. The fourth-order valence-corrected chi connectivity index (χ4v) is 1.46. The highest BCUT2D eigenvalue weighted by Gasteiger charge is 2.06. The van der Waals surface area contributed by atoms with Crippen molar-refractivity contribution in [1.29, 1.82) is 0 Å². The molecule has 1 aromatic heterocycles. The maximum absolute atomic E-state index is 11.8. The van der Waals surface area contributed by atoms with Gasteiger partial charge >= 0.3 is 0 Å². The lowest BCUT2D eigenvalue weighted by molar-refractivity contribution is 0.418. The number of para-hydroxylation sites is 1. The molecule has 5 nitrogen and oxygen atoms in total. The monoisotopic (exact) mass is 205 g/mol. The van der Waals surface area contributed by atoms with Crippen LogP contribution in [0, 0.1) is 0 Å². The summed E-state index contributed by atoms with van der Waals surface area (Å²) >= 11 is 0. The Morgan fingerprint density at radius 3 is 3.00 bits per heavy atom. The van der Waals surface area contributed by atoms with E-state index in [0.717, 1.165) is 0 Å². The van der Waals surface area contributed by atoms with Crippen LogP contribution >= 0.6 is 0 Å². The van der Waals surface area contributed by atoms with E-state index >= 15 is 0 Å². The molecule has 0 unspecified atom stereocenters. The molecule has 0 radical (unpaired) electrons. The minimum Gasteiger partial charge on any atom is -0.494 e. The normalized spacial score (nSPS) is 10.5. The van der Waals surface area contributed by atoms with Crippen molar-refractivity contribution in [3.63, 3.8) is 0 Å². The lowest BCUT2D eigenvalue weighted by Crippen LogP contribution is -2.24. The number of hydrogen-bond acceptors (Lipinski definition) is 4. The third-order valence-electron chi connectivity index (χ3n) is 2.23. The van der Waals surface area contributed by atoms with Crippen molar-refractivity contribution in [2.24, 2.45) is 5.73 Å². The maximum Gasteiger partial charge on any atom is 0.262 e. The predicted molar refractivity (Wildman–Crippen MR) is 56.7 cm³/mol. The van der Waals surface area contributed by atoms with Crippen LogP contribution in [0.5, 0.6) is 5.75 Å². The van der Waals surface area contributed by atoms with E-state index in [1.54, 1.807) is 25.3 Å². The first-order valence-electron chi connectivity index (χ1n) is 4.50. The van der Waals surface area contributed by atoms with Crippen LogP contribution in [-0.2, 0) is 6.67 Å². The molecule has 1 aromatic carbocycles. The van der Waals surface area contributed by atoms with Gasteiger partial charge in [-0.15, -0.1) is 0 Å². The Balaban J connectivity index is 2.84. The Bertz CT molecular complexity index is 548. The number of fused-ring (bicyclic) bond motifs is 1. The molecule has 0 bridgehead atoms. The van der Waals surface area contributed by atoms with Crippen molar-refractivity contribution >= 4 is 10.9 Å². The number of aromatic nitrogens is 2. The van der Waals surface area contributed by atoms with Crippen LogP contribution in [0.3, 0.4) is 0 Å². The van der Waals surface area contributed by atoms with Gasteiger partial charge in [0.25, 0.3) is 5.56 Å². The summed E-state index contributed by atoms with van der Waals surface area (Å²) in [7, 11) is 1.55. The fraction of sp³-hybridized carbons (Fsp3) is 0.200. The van der Waals surface area contributed by atoms with Gasteiger partial charge in [0.15, 0.2) is 0 Å². The molecule has 0 saturated carbocycles. The first-order valence-corrected chi connectivity index (χ1v) is 4.50. The molecule has 2 rings (SSSR count). The van der Waals surface area contributed by atoms with Gasteiger partial charge in [-0.05, 0) is 12.1 Å². The van der Waals surface area contributed by atoms with Crippen LogP contribution in [0.25, 0.3) is 10.9 Å². The molecule has 2 aromatic rings. The number of hydrogen-bond donors (Lipinski definition) is 1. The van der Waals surface area contributed by atoms with Gasteiger partial charge in [-0.25, -0.2) is 4.98 Å². The third kappa shape index (κ3) is 1.46. The van der Waals surface area contributed by atoms with Crippen molar-refractivity contribution in [3.8, 4) is 5.75 Å². The summed E-state index contributed by atoms with van der Waals surface area (Å²) in [6, 6.07) is 5.23. The number of ether oxygens (including phenoxy) is 1. The van der Waals surface area contributed by atoms with Crippen LogP contribution in [0.2, 0.25) is 0 Å². The second-order valence-electron chi connectivity index (χ2n) is 3.06. The van der Waals surface area contributed by atoms with Gasteiger partial charge in [0.05, 0.1) is 25.5 Å². The van der Waals surface area contributed by atoms with Gasteiger partial charge in [0, 0.05) is 0 Å². The number of rotatable bonds is 2. The van der Waals surface area contributed by atoms with Crippen LogP contribution in [0.15, 0.2) is 29.3 Å². The maximum atomic E-state index is 11.8. The molecule has 0 aliphatic carbocycles. The second-order valence-corrected chi connectivity index (χ2v) is 3.06. The van der Waals surface area contributed by atoms with Crippen molar-refractivity contribution in [1.82, 2.24) is 9.55 Å². The minimum absolute atomic E-state index is 0.124. The molecule has 15 heavy (non-hydrogen) atoms. The van der Waals surface area contributed by atoms with E-state index in [0.29, 0.717) is 16.7 Å². The first kappa shape index (κ1) is 9.67. The van der Waals surface area contributed by atoms with Gasteiger partial charge in [0.2, 0.25) is 0 Å². The lowest BCUT2D eigenvalue weighted by atomic mass is 10.2. The van der Waals surface area contributed by atoms with E-state index in [1.807, 2.05) is 0 Å². The van der Waals surface area contributed by atoms with Crippen LogP contribution in [0.1, 0.15) is 0 Å². The molecule has 2 N–H and O–H groups in total. The molecule has 0 amide bonds. The summed E-state index contributed by atoms with van der Waals surface area (Å²) < 4.78 is 6.46. The summed E-state index contributed by atoms with van der Waals surface area (Å²) in [6.45, 7) is 0.124. The molecular weight excluding hydrogens is 194 g/mol. The average molecular weight is 205 g/mol. The topological polar surface area (TPSA) is 70.1 Å². The van der Waals surface area contributed by atoms with Gasteiger partial charge < -0.3 is 10.5 Å². The second kappa shape index (κ2) is 3.70. The van der Waals surface area contributed by atoms with Crippen molar-refractivity contribution in [3.05, 3.63) is 34.9 Å². The van der Waals surface area contributed by atoms with Crippen molar-refractivity contribution < 1.29 is 4.74 Å². The number of benzene rings is 1. The summed E-state index contributed by atoms with van der Waals surface area (Å²) in [4.78, 5) is 16.0. The highest BCUT2D eigenvalue weighted by atomic mass is 16.5. The lowest BCUT2D eigenvalue weighted by Gasteiger charge is -2.06. The van der Waals surface area contributed by atoms with E-state index in [1.165, 1.54) is 10.9 Å². The van der Waals surface area contributed by atoms with Crippen molar-refractivity contribution in [2.45, 2.75) is 6.67 Å². The summed E-state index contributed by atoms with van der Waals surface area (Å²) in [5, 5.41) is 0.516. The fourth-order valence-electron chi connectivity index (χ4n) is 1.46. The quantitative estimate of drug-likeness (QED) is 0.766. The van der Waals surface area contributed by atoms with Crippen molar-refractivity contribution in [2.75, 3.05) is 7.11 Å². The highest BCUT2D eigenvalue weighted by molar-refractivity contribution is 5.83. The molecule has 5 heteroatoms. The van der Waals surface area contributed by atoms with Gasteiger partial charge in [0.1, 0.15) is 11.3 Å². The van der Waals surface area contributed by atoms with E-state index < -0.39 is 0 Å². The summed E-state index contributed by atoms with van der Waals surface area (Å²) in [6.07, 6.45) is 1.42. The summed E-state index contributed by atoms with van der Waals surface area (Å²) in [5.74, 6) is 0.591. The summed E-state index contributed by atoms with van der Waals surface area (Å²) in [5.41, 5.74) is 5.82. The zero-order valence-electron chi connectivity index (χ0n) is 8.30. The zero-order chi connectivity index (χ0) is 10.8. The highest BCUT2D eigenvalue weighted by Crippen LogP contribution is 2.19. The Hall–Kier alpha value is -1.88. The minimum atomic E-state index is -0.151. The average Bonchev–Trinajstić information content (AvgIpc) is 2.29. The molecule has 78 valence electrons. The molecule has 1 heterocycles. The third-order valence-corrected chi connectivity index (χ3v) is 2.23.